The molecule has 3 rings (SSSR count). The Bertz CT molecular complexity index is 1810. The highest BCUT2D eigenvalue weighted by Crippen LogP contribution is 2.29. The molecule has 0 aromatic rings. The van der Waals surface area contributed by atoms with Gasteiger partial charge < -0.3 is 52.1 Å². The minimum atomic E-state index is -1.18. The molecule has 0 saturated carbocycles. The summed E-state index contributed by atoms with van der Waals surface area (Å²) in [4.78, 5) is 128. The Hall–Kier alpha value is -4.46. The lowest BCUT2D eigenvalue weighted by Crippen LogP contribution is -2.60. The van der Waals surface area contributed by atoms with Crippen LogP contribution in [-0.4, -0.2) is 159 Å². The first-order valence-electron chi connectivity index (χ1n) is 25.8. The normalized spacial score (nSPS) is 20.9. The van der Waals surface area contributed by atoms with Crippen LogP contribution in [0.2, 0.25) is 0 Å². The zero-order chi connectivity index (χ0) is 52.6. The second-order valence-corrected chi connectivity index (χ2v) is 22.7. The molecule has 0 aromatic carbocycles. The third-order valence-corrected chi connectivity index (χ3v) is 13.8. The van der Waals surface area contributed by atoms with Gasteiger partial charge in [0.2, 0.25) is 47.3 Å². The van der Waals surface area contributed by atoms with Crippen LogP contribution in [0.5, 0.6) is 0 Å². The van der Waals surface area contributed by atoms with Crippen LogP contribution in [0.25, 0.3) is 0 Å². The van der Waals surface area contributed by atoms with E-state index in [0.717, 1.165) is 0 Å². The van der Waals surface area contributed by atoms with Gasteiger partial charge in [0.1, 0.15) is 48.3 Å². The average Bonchev–Trinajstić information content (AvgIpc) is 4.07. The quantitative estimate of drug-likeness (QED) is 0.0627. The fourth-order valence-electron chi connectivity index (χ4n) is 9.75. The number of aliphatic carboxylic acids is 1. The van der Waals surface area contributed by atoms with Crippen molar-refractivity contribution in [3.63, 3.8) is 0 Å². The van der Waals surface area contributed by atoms with E-state index in [9.17, 15) is 48.3 Å². The zero-order valence-corrected chi connectivity index (χ0v) is 44.7. The monoisotopic (exact) mass is 1010 g/mol. The van der Waals surface area contributed by atoms with Gasteiger partial charge in [0.25, 0.3) is 0 Å². The lowest BCUT2D eigenvalue weighted by Gasteiger charge is -2.35. The van der Waals surface area contributed by atoms with Gasteiger partial charge in [-0.15, -0.1) is 0 Å². The lowest BCUT2D eigenvalue weighted by atomic mass is 9.98. The smallest absolute Gasteiger partial charge is 0.326 e. The van der Waals surface area contributed by atoms with Gasteiger partial charge in [-0.2, -0.15) is 11.8 Å². The number of carbonyl (C=O) groups excluding carboxylic acids is 8. The van der Waals surface area contributed by atoms with Crippen molar-refractivity contribution in [2.45, 2.75) is 201 Å². The number of hydrogen-bond donors (Lipinski definition) is 7. The van der Waals surface area contributed by atoms with E-state index in [-0.39, 0.29) is 79.4 Å². The third kappa shape index (κ3) is 18.0. The number of amides is 8. The molecule has 0 aromatic heterocycles. The van der Waals surface area contributed by atoms with E-state index in [1.165, 1.54) is 16.7 Å². The van der Waals surface area contributed by atoms with Crippen molar-refractivity contribution in [3.8, 4) is 0 Å². The van der Waals surface area contributed by atoms with Gasteiger partial charge in [-0.05, 0) is 119 Å². The van der Waals surface area contributed by atoms with Gasteiger partial charge in [0, 0.05) is 19.6 Å². The number of nitrogens with two attached hydrogens (primary N) is 1. The van der Waals surface area contributed by atoms with E-state index in [4.69, 9.17) is 5.73 Å². The van der Waals surface area contributed by atoms with Crippen LogP contribution in [0.1, 0.15) is 146 Å². The topological polar surface area (TPSA) is 270 Å². The summed E-state index contributed by atoms with van der Waals surface area (Å²) >= 11 is 1.46. The Morgan fingerprint density at radius 1 is 0.500 bits per heavy atom. The summed E-state index contributed by atoms with van der Waals surface area (Å²) in [5.41, 5.74) is 6.26. The van der Waals surface area contributed by atoms with Gasteiger partial charge in [0.15, 0.2) is 0 Å². The summed E-state index contributed by atoms with van der Waals surface area (Å²) in [5, 5.41) is 23.7. The van der Waals surface area contributed by atoms with E-state index in [1.54, 1.807) is 9.80 Å². The molecule has 3 fully saturated rings. The summed E-state index contributed by atoms with van der Waals surface area (Å²) in [5.74, 6) is -4.64. The van der Waals surface area contributed by atoms with Gasteiger partial charge >= 0.3 is 5.97 Å². The number of carbonyl (C=O) groups is 9. The number of carboxylic acid groups (broad SMARTS) is 1. The van der Waals surface area contributed by atoms with Crippen LogP contribution in [0.4, 0.5) is 0 Å². The molecular weight excluding hydrogens is 919 g/mol. The predicted molar refractivity (Wildman–Crippen MR) is 270 cm³/mol. The molecule has 8 amide bonds. The highest BCUT2D eigenvalue weighted by Gasteiger charge is 2.46. The van der Waals surface area contributed by atoms with Crippen molar-refractivity contribution in [2.24, 2.45) is 35.3 Å². The number of thioether (sulfide) groups is 1. The molecule has 398 valence electrons. The second-order valence-electron chi connectivity index (χ2n) is 21.7. The summed E-state index contributed by atoms with van der Waals surface area (Å²) in [6.45, 7) is 20.0. The Morgan fingerprint density at radius 3 is 1.27 bits per heavy atom. The molecular formula is C50H87N9O10S. The summed E-state index contributed by atoms with van der Waals surface area (Å²) in [7, 11) is 0. The van der Waals surface area contributed by atoms with Crippen molar-refractivity contribution in [1.82, 2.24) is 41.3 Å². The van der Waals surface area contributed by atoms with Crippen molar-refractivity contribution in [2.75, 3.05) is 31.6 Å². The minimum absolute atomic E-state index is 0.0163. The number of hydrogen-bond acceptors (Lipinski definition) is 11. The molecule has 0 bridgehead atoms. The summed E-state index contributed by atoms with van der Waals surface area (Å²) in [6, 6.07) is -8.65. The molecule has 0 spiro atoms. The Kier molecular flexibility index (Phi) is 24.4. The molecule has 3 aliphatic heterocycles. The molecule has 20 heteroatoms. The second kappa shape index (κ2) is 28.5. The number of carboxylic acids is 1. The number of likely N-dealkylation sites (tertiary alicyclic amines) is 3. The van der Waals surface area contributed by atoms with Crippen LogP contribution in [0.3, 0.4) is 0 Å². The van der Waals surface area contributed by atoms with Gasteiger partial charge in [-0.1, -0.05) is 69.2 Å². The fraction of sp³-hybridized carbons (Fsp3) is 0.820. The van der Waals surface area contributed by atoms with Crippen LogP contribution < -0.4 is 32.3 Å². The van der Waals surface area contributed by atoms with Crippen LogP contribution in [-0.2, 0) is 43.2 Å². The zero-order valence-electron chi connectivity index (χ0n) is 43.8. The fourth-order valence-corrected chi connectivity index (χ4v) is 10.2. The predicted octanol–water partition coefficient (Wildman–Crippen LogP) is 2.78. The van der Waals surface area contributed by atoms with E-state index in [2.05, 4.69) is 26.6 Å². The standard InChI is InChI=1S/C50H87N9O10S/c1-28(2)23-33(51)47(65)58-20-13-16-40(58)49(67)59-21-14-17-41(59)48(66)57-19-12-15-39(57)46(64)55-37(26-31(7)8)43(61)52-34(18-22-70-11)42(60)53-35(24-29(3)4)44(62)54-36(25-30(5)6)45(63)56-38(50(68)69)27-32(9)10/h28-41H,12-27,51H2,1-11H3,(H,52,61)(H,53,60)(H,54,62)(H,55,64)(H,56,63)(H,68,69)/t33-,34-,35-,36-,37-,38-,39-,40-,41-/m0/s1. The van der Waals surface area contributed by atoms with E-state index in [0.29, 0.717) is 70.3 Å². The Morgan fingerprint density at radius 2 is 0.843 bits per heavy atom. The van der Waals surface area contributed by atoms with E-state index >= 15 is 0 Å². The molecule has 0 radical (unpaired) electrons. The van der Waals surface area contributed by atoms with Crippen LogP contribution in [0, 0.1) is 29.6 Å². The average molecular weight is 1010 g/mol. The molecule has 0 aliphatic carbocycles. The first-order valence-corrected chi connectivity index (χ1v) is 27.2. The molecule has 70 heavy (non-hydrogen) atoms. The Balaban J connectivity index is 1.77. The summed E-state index contributed by atoms with van der Waals surface area (Å²) < 4.78 is 0. The first-order chi connectivity index (χ1) is 32.9. The third-order valence-electron chi connectivity index (χ3n) is 13.1. The van der Waals surface area contributed by atoms with Gasteiger partial charge in [-0.25, -0.2) is 4.79 Å². The lowest BCUT2D eigenvalue weighted by molar-refractivity contribution is -0.151. The molecule has 3 saturated heterocycles. The maximum Gasteiger partial charge on any atom is 0.326 e. The van der Waals surface area contributed by atoms with Crippen LogP contribution >= 0.6 is 11.8 Å². The number of nitrogens with one attached hydrogen (secondary N) is 5. The van der Waals surface area contributed by atoms with E-state index in [1.807, 2.05) is 75.5 Å². The minimum Gasteiger partial charge on any atom is -0.480 e. The molecule has 3 heterocycles. The van der Waals surface area contributed by atoms with Crippen molar-refractivity contribution in [3.05, 3.63) is 0 Å². The van der Waals surface area contributed by atoms with Crippen molar-refractivity contribution in [1.29, 1.82) is 0 Å². The highest BCUT2D eigenvalue weighted by atomic mass is 32.2. The SMILES string of the molecule is CSCC[C@H](NC(=O)[C@H](CC(C)C)NC(=O)[C@@H]1CCCN1C(=O)[C@@H]1CCCN1C(=O)[C@@H]1CCCN1C(=O)[C@@H](N)CC(C)C)C(=O)N[C@@H](CC(C)C)C(=O)N[C@@H](CC(C)C)C(=O)N[C@@H](CC(C)C)C(=O)O. The Labute approximate surface area is 420 Å². The molecule has 19 nitrogen and oxygen atoms in total. The van der Waals surface area contributed by atoms with Crippen molar-refractivity contribution >= 4 is 65.0 Å². The maximum absolute atomic E-state index is 14.4. The van der Waals surface area contributed by atoms with E-state index < -0.39 is 89.9 Å². The molecule has 3 aliphatic rings. The van der Waals surface area contributed by atoms with Gasteiger partial charge in [-0.3, -0.25) is 38.4 Å². The summed E-state index contributed by atoms with van der Waals surface area (Å²) in [6.07, 6.45) is 6.40. The number of rotatable bonds is 27. The molecule has 9 atom stereocenters. The maximum atomic E-state index is 14.4. The number of nitrogens with zero attached hydrogens (tertiary/aromatic N) is 3. The van der Waals surface area contributed by atoms with Gasteiger partial charge in [0.05, 0.1) is 6.04 Å². The van der Waals surface area contributed by atoms with Crippen molar-refractivity contribution < 1.29 is 48.3 Å². The molecule has 8 N–H and O–H groups in total. The largest absolute Gasteiger partial charge is 0.480 e. The highest BCUT2D eigenvalue weighted by molar-refractivity contribution is 7.98. The van der Waals surface area contributed by atoms with Crippen LogP contribution in [0.15, 0.2) is 0 Å². The first kappa shape index (κ1) is 59.8. The molecule has 0 unspecified atom stereocenters.